The van der Waals surface area contributed by atoms with Crippen LogP contribution in [0.3, 0.4) is 0 Å². The molecule has 2 atom stereocenters. The van der Waals surface area contributed by atoms with Crippen LogP contribution in [-0.2, 0) is 16.0 Å². The lowest BCUT2D eigenvalue weighted by atomic mass is 9.79. The van der Waals surface area contributed by atoms with Gasteiger partial charge in [0.05, 0.1) is 17.6 Å². The van der Waals surface area contributed by atoms with Crippen molar-refractivity contribution in [2.75, 3.05) is 18.7 Å². The quantitative estimate of drug-likeness (QED) is 0.473. The van der Waals surface area contributed by atoms with Gasteiger partial charge < -0.3 is 19.5 Å². The molecule has 0 fully saturated rings. The van der Waals surface area contributed by atoms with Crippen molar-refractivity contribution in [2.45, 2.75) is 18.9 Å². The molecule has 1 heterocycles. The molecule has 0 radical (unpaired) electrons. The Labute approximate surface area is 155 Å². The van der Waals surface area contributed by atoms with Gasteiger partial charge in [-0.3, -0.25) is 14.9 Å². The molecule has 8 nitrogen and oxygen atoms in total. The molecule has 1 N–H and O–H groups in total. The normalized spacial score (nSPS) is 19.9. The van der Waals surface area contributed by atoms with Crippen LogP contribution >= 0.6 is 0 Å². The summed E-state index contributed by atoms with van der Waals surface area (Å²) in [4.78, 5) is 21.1. The molecule has 0 saturated heterocycles. The highest BCUT2D eigenvalue weighted by atomic mass is 16.7. The van der Waals surface area contributed by atoms with Crippen molar-refractivity contribution in [1.29, 1.82) is 0 Å². The van der Waals surface area contributed by atoms with Gasteiger partial charge in [0.15, 0.2) is 11.5 Å². The molecule has 140 valence electrons. The Bertz CT molecular complexity index is 867. The van der Waals surface area contributed by atoms with E-state index in [1.807, 2.05) is 12.1 Å². The van der Waals surface area contributed by atoms with Crippen LogP contribution in [0.5, 0.6) is 11.5 Å². The zero-order chi connectivity index (χ0) is 18.8. The minimum atomic E-state index is -0.430. The first-order chi connectivity index (χ1) is 13.2. The molecule has 2 aromatic rings. The summed E-state index contributed by atoms with van der Waals surface area (Å²) in [5.41, 5.74) is 3.00. The fourth-order valence-corrected chi connectivity index (χ4v) is 3.66. The number of hydrogen-bond donors (Lipinski definition) is 1. The van der Waals surface area contributed by atoms with Gasteiger partial charge in [0.1, 0.15) is 0 Å². The number of benzene rings is 2. The van der Waals surface area contributed by atoms with Gasteiger partial charge in [0, 0.05) is 23.7 Å². The third-order valence-corrected chi connectivity index (χ3v) is 5.00. The molecular weight excluding hydrogens is 352 g/mol. The monoisotopic (exact) mass is 370 g/mol. The average Bonchev–Trinajstić information content (AvgIpc) is 3.13. The van der Waals surface area contributed by atoms with Gasteiger partial charge in [0.25, 0.3) is 12.2 Å². The second-order valence-electron chi connectivity index (χ2n) is 6.56. The lowest BCUT2D eigenvalue weighted by Gasteiger charge is -2.34. The van der Waals surface area contributed by atoms with Crippen molar-refractivity contribution in [1.82, 2.24) is 0 Å². The summed E-state index contributed by atoms with van der Waals surface area (Å²) in [5.74, 6) is 1.50. The predicted octanol–water partition coefficient (Wildman–Crippen LogP) is 3.21. The Morgan fingerprint density at radius 3 is 2.67 bits per heavy atom. The number of nitro groups is 1. The summed E-state index contributed by atoms with van der Waals surface area (Å²) in [6.45, 7) is 0.955. The lowest BCUT2D eigenvalue weighted by Crippen LogP contribution is -2.30. The molecule has 0 bridgehead atoms. The molecular formula is C19H18N2O6. The van der Waals surface area contributed by atoms with Crippen LogP contribution in [0.25, 0.3) is 0 Å². The molecule has 0 spiro atoms. The lowest BCUT2D eigenvalue weighted by molar-refractivity contribution is -0.384. The number of ether oxygens (including phenoxy) is 3. The van der Waals surface area contributed by atoms with Crippen LogP contribution in [-0.4, -0.2) is 24.8 Å². The molecule has 0 amide bonds. The number of nitrogens with zero attached hydrogens (tertiary/aromatic N) is 1. The van der Waals surface area contributed by atoms with Gasteiger partial charge >= 0.3 is 0 Å². The summed E-state index contributed by atoms with van der Waals surface area (Å²) >= 11 is 0. The van der Waals surface area contributed by atoms with Crippen LogP contribution < -0.4 is 14.8 Å². The summed E-state index contributed by atoms with van der Waals surface area (Å²) in [6.07, 6.45) is 1.68. The number of nitrogens with one attached hydrogen (secondary N) is 1. The summed E-state index contributed by atoms with van der Waals surface area (Å²) in [7, 11) is 0. The third kappa shape index (κ3) is 3.38. The smallest absolute Gasteiger partial charge is 0.293 e. The van der Waals surface area contributed by atoms with Crippen LogP contribution in [0.4, 0.5) is 11.4 Å². The maximum absolute atomic E-state index is 10.9. The maximum atomic E-state index is 10.9. The van der Waals surface area contributed by atoms with E-state index < -0.39 is 4.92 Å². The van der Waals surface area contributed by atoms with Gasteiger partial charge in [-0.05, 0) is 48.2 Å². The molecule has 1 aliphatic heterocycles. The van der Waals surface area contributed by atoms with E-state index in [2.05, 4.69) is 5.32 Å². The second-order valence-corrected chi connectivity index (χ2v) is 6.56. The summed E-state index contributed by atoms with van der Waals surface area (Å²) in [6, 6.07) is 10.1. The maximum Gasteiger partial charge on any atom is 0.293 e. The van der Waals surface area contributed by atoms with E-state index >= 15 is 0 Å². The third-order valence-electron chi connectivity index (χ3n) is 5.00. The number of nitro benzene ring substituents is 1. The summed E-state index contributed by atoms with van der Waals surface area (Å²) < 4.78 is 16.0. The molecule has 2 aromatic carbocycles. The van der Waals surface area contributed by atoms with Gasteiger partial charge in [-0.2, -0.15) is 0 Å². The fraction of sp³-hybridized carbons (Fsp3) is 0.316. The van der Waals surface area contributed by atoms with E-state index in [0.717, 1.165) is 35.4 Å². The summed E-state index contributed by atoms with van der Waals surface area (Å²) in [5, 5.41) is 14.3. The van der Waals surface area contributed by atoms with Crippen LogP contribution in [0.2, 0.25) is 0 Å². The van der Waals surface area contributed by atoms with E-state index in [1.165, 1.54) is 12.1 Å². The first-order valence-corrected chi connectivity index (χ1v) is 8.64. The Balaban J connectivity index is 1.65. The van der Waals surface area contributed by atoms with Crippen LogP contribution in [0.1, 0.15) is 23.6 Å². The fourth-order valence-electron chi connectivity index (χ4n) is 3.66. The van der Waals surface area contributed by atoms with E-state index in [0.29, 0.717) is 18.8 Å². The zero-order valence-corrected chi connectivity index (χ0v) is 14.4. The van der Waals surface area contributed by atoms with Crippen molar-refractivity contribution < 1.29 is 23.9 Å². The number of carbonyl (C=O) groups excluding carboxylic acids is 1. The molecule has 2 unspecified atom stereocenters. The largest absolute Gasteiger partial charge is 0.468 e. The standard InChI is InChI=1S/C19H18N2O6/c22-10-25-9-13-2-1-12-7-17-18(27-11-26-17)8-16(12)19(13)20-14-3-5-15(6-4-14)21(23)24/h3-8,10,13,19-20H,1-2,9,11H2. The SMILES string of the molecule is O=COCC1CCc2cc3c(cc2C1Nc1ccc([N+](=O)[O-])cc1)OCO3. The number of aryl methyl sites for hydroxylation is 1. The first kappa shape index (κ1) is 17.1. The molecule has 8 heteroatoms. The number of non-ortho nitro benzene ring substituents is 1. The van der Waals surface area contributed by atoms with Crippen molar-refractivity contribution >= 4 is 17.8 Å². The highest BCUT2D eigenvalue weighted by Crippen LogP contribution is 2.43. The Kier molecular flexibility index (Phi) is 4.53. The molecule has 0 saturated carbocycles. The zero-order valence-electron chi connectivity index (χ0n) is 14.4. The number of anilines is 1. The Morgan fingerprint density at radius 2 is 1.96 bits per heavy atom. The second kappa shape index (κ2) is 7.14. The van der Waals surface area contributed by atoms with Gasteiger partial charge in [-0.1, -0.05) is 0 Å². The minimum Gasteiger partial charge on any atom is -0.468 e. The van der Waals surface area contributed by atoms with E-state index in [1.54, 1.807) is 12.1 Å². The topological polar surface area (TPSA) is 99.9 Å². The molecule has 1 aliphatic carbocycles. The van der Waals surface area contributed by atoms with Gasteiger partial charge in [-0.25, -0.2) is 0 Å². The van der Waals surface area contributed by atoms with E-state index in [-0.39, 0.29) is 24.4 Å². The predicted molar refractivity (Wildman–Crippen MR) is 95.9 cm³/mol. The van der Waals surface area contributed by atoms with E-state index in [9.17, 15) is 14.9 Å². The first-order valence-electron chi connectivity index (χ1n) is 8.64. The number of hydrogen-bond acceptors (Lipinski definition) is 7. The van der Waals surface area contributed by atoms with Crippen molar-refractivity contribution in [3.63, 3.8) is 0 Å². The molecule has 4 rings (SSSR count). The van der Waals surface area contributed by atoms with Crippen molar-refractivity contribution in [2.24, 2.45) is 5.92 Å². The Morgan fingerprint density at radius 1 is 1.22 bits per heavy atom. The number of rotatable bonds is 6. The Hall–Kier alpha value is -3.29. The van der Waals surface area contributed by atoms with E-state index in [4.69, 9.17) is 14.2 Å². The highest BCUT2D eigenvalue weighted by molar-refractivity contribution is 5.55. The van der Waals surface area contributed by atoms with Gasteiger partial charge in [0.2, 0.25) is 6.79 Å². The van der Waals surface area contributed by atoms with Crippen molar-refractivity contribution in [3.05, 3.63) is 57.6 Å². The van der Waals surface area contributed by atoms with Crippen LogP contribution in [0, 0.1) is 16.0 Å². The van der Waals surface area contributed by atoms with Crippen LogP contribution in [0.15, 0.2) is 36.4 Å². The number of carbonyl (C=O) groups is 1. The van der Waals surface area contributed by atoms with Crippen molar-refractivity contribution in [3.8, 4) is 11.5 Å². The highest BCUT2D eigenvalue weighted by Gasteiger charge is 2.32. The molecule has 27 heavy (non-hydrogen) atoms. The minimum absolute atomic E-state index is 0.0359. The molecule has 2 aliphatic rings. The van der Waals surface area contributed by atoms with Gasteiger partial charge in [-0.15, -0.1) is 0 Å². The average molecular weight is 370 g/mol. The number of fused-ring (bicyclic) bond motifs is 2. The molecule has 0 aromatic heterocycles.